The average Bonchev–Trinajstić information content (AvgIpc) is 2.66. The van der Waals surface area contributed by atoms with Gasteiger partial charge in [0.05, 0.1) is 6.10 Å². The van der Waals surface area contributed by atoms with E-state index in [1.807, 2.05) is 38.1 Å². The van der Waals surface area contributed by atoms with E-state index >= 15 is 0 Å². The Morgan fingerprint density at radius 1 is 1.38 bits per heavy atom. The second-order valence-corrected chi connectivity index (χ2v) is 4.62. The molecule has 0 radical (unpaired) electrons. The molecular weight excluding hydrogens is 202 g/mol. The van der Waals surface area contributed by atoms with Crippen LogP contribution in [-0.2, 0) is 5.60 Å². The quantitative estimate of drug-likeness (QED) is 0.815. The molecule has 88 valence electrons. The Morgan fingerprint density at radius 2 is 2.12 bits per heavy atom. The maximum atomic E-state index is 10.5. The van der Waals surface area contributed by atoms with Crippen LogP contribution < -0.4 is 10.1 Å². The predicted molar refractivity (Wildman–Crippen MR) is 63.6 cm³/mol. The molecule has 1 heterocycles. The number of aliphatic hydroxyl groups is 1. The third-order valence-electron chi connectivity index (χ3n) is 2.88. The Hall–Kier alpha value is -1.06. The second kappa shape index (κ2) is 4.44. The fourth-order valence-corrected chi connectivity index (χ4v) is 2.12. The molecule has 1 unspecified atom stereocenters. The summed E-state index contributed by atoms with van der Waals surface area (Å²) in [5.74, 6) is 0.795. The monoisotopic (exact) mass is 221 g/mol. The Bertz CT molecular complexity index is 357. The predicted octanol–water partition coefficient (Wildman–Crippen LogP) is 1.65. The molecule has 2 N–H and O–H groups in total. The van der Waals surface area contributed by atoms with Crippen LogP contribution in [0.3, 0.4) is 0 Å². The molecule has 0 bridgehead atoms. The number of β-amino-alcohol motifs (C(OH)–C–C–N with tert-alkyl or cyclic N) is 1. The fraction of sp³-hybridized carbons (Fsp3) is 0.538. The minimum atomic E-state index is -0.772. The standard InChI is InChI=1S/C13H19NO2/c1-10(2)16-12-6-4-3-5-11(12)13(15)7-8-14-9-13/h3-6,10,14-15H,7-9H2,1-2H3. The summed E-state index contributed by atoms with van der Waals surface area (Å²) in [6.07, 6.45) is 0.866. The van der Waals surface area contributed by atoms with Crippen molar-refractivity contribution < 1.29 is 9.84 Å². The lowest BCUT2D eigenvalue weighted by Gasteiger charge is -2.25. The molecule has 0 spiro atoms. The van der Waals surface area contributed by atoms with Crippen molar-refractivity contribution >= 4 is 0 Å². The van der Waals surface area contributed by atoms with Gasteiger partial charge in [0.1, 0.15) is 11.4 Å². The first-order chi connectivity index (χ1) is 7.62. The van der Waals surface area contributed by atoms with Gasteiger partial charge >= 0.3 is 0 Å². The molecule has 1 aliphatic rings. The van der Waals surface area contributed by atoms with Gasteiger partial charge in [-0.05, 0) is 32.9 Å². The van der Waals surface area contributed by atoms with E-state index in [9.17, 15) is 5.11 Å². The molecular formula is C13H19NO2. The molecule has 1 saturated heterocycles. The molecule has 3 heteroatoms. The molecule has 1 aromatic carbocycles. The molecule has 0 aliphatic carbocycles. The van der Waals surface area contributed by atoms with Gasteiger partial charge in [-0.3, -0.25) is 0 Å². The summed E-state index contributed by atoms with van der Waals surface area (Å²) in [6.45, 7) is 5.44. The van der Waals surface area contributed by atoms with Gasteiger partial charge in [0.2, 0.25) is 0 Å². The summed E-state index contributed by atoms with van der Waals surface area (Å²) in [4.78, 5) is 0. The molecule has 2 rings (SSSR count). The van der Waals surface area contributed by atoms with Crippen LogP contribution >= 0.6 is 0 Å². The normalized spacial score (nSPS) is 25.0. The van der Waals surface area contributed by atoms with Gasteiger partial charge in [0, 0.05) is 12.1 Å². The highest BCUT2D eigenvalue weighted by Gasteiger charge is 2.35. The van der Waals surface area contributed by atoms with Gasteiger partial charge in [-0.25, -0.2) is 0 Å². The van der Waals surface area contributed by atoms with E-state index in [0.29, 0.717) is 6.54 Å². The number of rotatable bonds is 3. The number of ether oxygens (including phenoxy) is 1. The zero-order valence-electron chi connectivity index (χ0n) is 9.86. The topological polar surface area (TPSA) is 41.5 Å². The van der Waals surface area contributed by atoms with Crippen LogP contribution in [0.2, 0.25) is 0 Å². The maximum Gasteiger partial charge on any atom is 0.125 e. The summed E-state index contributed by atoms with van der Waals surface area (Å²) in [7, 11) is 0. The Labute approximate surface area is 96.4 Å². The number of hydrogen-bond acceptors (Lipinski definition) is 3. The summed E-state index contributed by atoms with van der Waals surface area (Å²) < 4.78 is 5.74. The minimum Gasteiger partial charge on any atom is -0.491 e. The Balaban J connectivity index is 2.32. The van der Waals surface area contributed by atoms with Gasteiger partial charge < -0.3 is 15.2 Å². The average molecular weight is 221 g/mol. The molecule has 3 nitrogen and oxygen atoms in total. The summed E-state index contributed by atoms with van der Waals surface area (Å²) >= 11 is 0. The van der Waals surface area contributed by atoms with Crippen LogP contribution in [0.1, 0.15) is 25.8 Å². The first-order valence-corrected chi connectivity index (χ1v) is 5.81. The SMILES string of the molecule is CC(C)Oc1ccccc1C1(O)CCNC1. The molecule has 1 aromatic rings. The Morgan fingerprint density at radius 3 is 2.75 bits per heavy atom. The smallest absolute Gasteiger partial charge is 0.125 e. The first kappa shape index (κ1) is 11.4. The van der Waals surface area contributed by atoms with E-state index in [2.05, 4.69) is 5.32 Å². The summed E-state index contributed by atoms with van der Waals surface area (Å²) in [5, 5.41) is 13.7. The third kappa shape index (κ3) is 2.20. The first-order valence-electron chi connectivity index (χ1n) is 5.81. The lowest BCUT2D eigenvalue weighted by Crippen LogP contribution is -2.29. The van der Waals surface area contributed by atoms with Crippen molar-refractivity contribution in [2.75, 3.05) is 13.1 Å². The number of benzene rings is 1. The number of nitrogens with one attached hydrogen (secondary N) is 1. The lowest BCUT2D eigenvalue weighted by atomic mass is 9.92. The summed E-state index contributed by atoms with van der Waals surface area (Å²) in [5.41, 5.74) is 0.125. The minimum absolute atomic E-state index is 0.124. The van der Waals surface area contributed by atoms with Crippen LogP contribution in [0.5, 0.6) is 5.75 Å². The largest absolute Gasteiger partial charge is 0.491 e. The Kier molecular flexibility index (Phi) is 3.17. The van der Waals surface area contributed by atoms with Crippen molar-refractivity contribution in [2.45, 2.75) is 32.0 Å². The second-order valence-electron chi connectivity index (χ2n) is 4.62. The number of para-hydroxylation sites is 1. The van der Waals surface area contributed by atoms with Gasteiger partial charge in [0.25, 0.3) is 0 Å². The highest BCUT2D eigenvalue weighted by Crippen LogP contribution is 2.34. The van der Waals surface area contributed by atoms with Crippen LogP contribution in [-0.4, -0.2) is 24.3 Å². The highest BCUT2D eigenvalue weighted by atomic mass is 16.5. The molecule has 0 amide bonds. The van der Waals surface area contributed by atoms with Gasteiger partial charge in [-0.1, -0.05) is 18.2 Å². The van der Waals surface area contributed by atoms with E-state index in [1.54, 1.807) is 0 Å². The zero-order valence-corrected chi connectivity index (χ0v) is 9.86. The summed E-state index contributed by atoms with van der Waals surface area (Å²) in [6, 6.07) is 7.75. The van der Waals surface area contributed by atoms with Crippen molar-refractivity contribution in [1.29, 1.82) is 0 Å². The van der Waals surface area contributed by atoms with Crippen molar-refractivity contribution in [1.82, 2.24) is 5.32 Å². The van der Waals surface area contributed by atoms with E-state index in [1.165, 1.54) is 0 Å². The molecule has 16 heavy (non-hydrogen) atoms. The van der Waals surface area contributed by atoms with Crippen molar-refractivity contribution in [3.05, 3.63) is 29.8 Å². The van der Waals surface area contributed by atoms with Crippen molar-refractivity contribution in [3.8, 4) is 5.75 Å². The molecule has 1 aliphatic heterocycles. The molecule has 0 aromatic heterocycles. The third-order valence-corrected chi connectivity index (χ3v) is 2.88. The van der Waals surface area contributed by atoms with Crippen molar-refractivity contribution in [3.63, 3.8) is 0 Å². The van der Waals surface area contributed by atoms with Crippen LogP contribution in [0.15, 0.2) is 24.3 Å². The lowest BCUT2D eigenvalue weighted by molar-refractivity contribution is 0.0540. The van der Waals surface area contributed by atoms with E-state index < -0.39 is 5.60 Å². The van der Waals surface area contributed by atoms with Gasteiger partial charge in [-0.15, -0.1) is 0 Å². The molecule has 0 saturated carbocycles. The maximum absolute atomic E-state index is 10.5. The van der Waals surface area contributed by atoms with Crippen LogP contribution in [0.25, 0.3) is 0 Å². The highest BCUT2D eigenvalue weighted by molar-refractivity contribution is 5.39. The van der Waals surface area contributed by atoms with Crippen molar-refractivity contribution in [2.24, 2.45) is 0 Å². The van der Waals surface area contributed by atoms with Gasteiger partial charge in [-0.2, -0.15) is 0 Å². The van der Waals surface area contributed by atoms with Crippen LogP contribution in [0.4, 0.5) is 0 Å². The molecule has 1 fully saturated rings. The fourth-order valence-electron chi connectivity index (χ4n) is 2.12. The molecule has 1 atom stereocenters. The van der Waals surface area contributed by atoms with Gasteiger partial charge in [0.15, 0.2) is 0 Å². The van der Waals surface area contributed by atoms with E-state index in [4.69, 9.17) is 4.74 Å². The van der Waals surface area contributed by atoms with Crippen LogP contribution in [0, 0.1) is 0 Å². The zero-order chi connectivity index (χ0) is 11.6. The van der Waals surface area contributed by atoms with E-state index in [0.717, 1.165) is 24.3 Å². The number of hydrogen-bond donors (Lipinski definition) is 2. The van der Waals surface area contributed by atoms with E-state index in [-0.39, 0.29) is 6.10 Å².